The lowest BCUT2D eigenvalue weighted by atomic mass is 10.2. The maximum Gasteiger partial charge on any atom is 0.336 e. The van der Waals surface area contributed by atoms with Crippen molar-refractivity contribution in [1.82, 2.24) is 9.62 Å². The number of nitrogens with one attached hydrogen (secondary N) is 1. The van der Waals surface area contributed by atoms with Gasteiger partial charge < -0.3 is 10.4 Å². The molecule has 6 nitrogen and oxygen atoms in total. The Labute approximate surface area is 127 Å². The van der Waals surface area contributed by atoms with E-state index in [0.29, 0.717) is 24.0 Å². The van der Waals surface area contributed by atoms with E-state index in [0.717, 1.165) is 6.07 Å². The molecule has 0 unspecified atom stereocenters. The monoisotopic (exact) mass is 364 g/mol. The molecule has 0 bridgehead atoms. The van der Waals surface area contributed by atoms with Crippen molar-refractivity contribution < 1.29 is 18.3 Å². The lowest BCUT2D eigenvalue weighted by Crippen LogP contribution is -2.29. The van der Waals surface area contributed by atoms with E-state index in [1.807, 2.05) is 0 Å². The smallest absolute Gasteiger partial charge is 0.336 e. The number of carboxylic acids is 1. The van der Waals surface area contributed by atoms with Crippen LogP contribution in [0.1, 0.15) is 16.8 Å². The molecule has 8 heteroatoms. The number of aromatic carboxylic acids is 1. The molecule has 0 radical (unpaired) electrons. The molecular weight excluding hydrogens is 348 g/mol. The number of hydrogen-bond donors (Lipinski definition) is 2. The second-order valence-electron chi connectivity index (χ2n) is 4.23. The molecule has 0 amide bonds. The maximum absolute atomic E-state index is 12.3. The van der Waals surface area contributed by atoms with Crippen LogP contribution in [-0.4, -0.2) is 51.0 Å². The van der Waals surface area contributed by atoms with Crippen molar-refractivity contribution in [2.24, 2.45) is 0 Å². The normalized spacial score (nSPS) is 11.8. The SMILES string of the molecule is CNCCCN(C)S(=O)(=O)c1ccc(Br)c(C(=O)O)c1. The van der Waals surface area contributed by atoms with Crippen molar-refractivity contribution in [3.8, 4) is 0 Å². The van der Waals surface area contributed by atoms with Crippen LogP contribution in [0, 0.1) is 0 Å². The highest BCUT2D eigenvalue weighted by atomic mass is 79.9. The number of rotatable bonds is 7. The maximum atomic E-state index is 12.3. The molecule has 0 aliphatic heterocycles. The van der Waals surface area contributed by atoms with Gasteiger partial charge in [-0.1, -0.05) is 0 Å². The average Bonchev–Trinajstić information content (AvgIpc) is 2.38. The zero-order chi connectivity index (χ0) is 15.3. The summed E-state index contributed by atoms with van der Waals surface area (Å²) in [6.07, 6.45) is 0.675. The van der Waals surface area contributed by atoms with Crippen LogP contribution in [-0.2, 0) is 10.0 Å². The van der Waals surface area contributed by atoms with E-state index >= 15 is 0 Å². The molecule has 0 fully saturated rings. The first-order chi connectivity index (χ1) is 9.30. The number of carbonyl (C=O) groups is 1. The highest BCUT2D eigenvalue weighted by Crippen LogP contribution is 2.23. The van der Waals surface area contributed by atoms with Gasteiger partial charge in [0.05, 0.1) is 10.5 Å². The van der Waals surface area contributed by atoms with E-state index < -0.39 is 16.0 Å². The summed E-state index contributed by atoms with van der Waals surface area (Å²) < 4.78 is 26.2. The second kappa shape index (κ2) is 7.16. The van der Waals surface area contributed by atoms with Crippen LogP contribution < -0.4 is 5.32 Å². The van der Waals surface area contributed by atoms with Crippen molar-refractivity contribution in [3.63, 3.8) is 0 Å². The molecule has 0 atom stereocenters. The lowest BCUT2D eigenvalue weighted by molar-refractivity contribution is 0.0695. The second-order valence-corrected chi connectivity index (χ2v) is 7.13. The van der Waals surface area contributed by atoms with Gasteiger partial charge in [0.1, 0.15) is 0 Å². The van der Waals surface area contributed by atoms with Gasteiger partial charge in [-0.2, -0.15) is 0 Å². The summed E-state index contributed by atoms with van der Waals surface area (Å²) in [5.74, 6) is -1.17. The highest BCUT2D eigenvalue weighted by molar-refractivity contribution is 9.10. The Hall–Kier alpha value is -0.960. The quantitative estimate of drug-likeness (QED) is 0.713. The number of nitrogens with zero attached hydrogens (tertiary/aromatic N) is 1. The van der Waals surface area contributed by atoms with Crippen molar-refractivity contribution in [2.45, 2.75) is 11.3 Å². The van der Waals surface area contributed by atoms with E-state index in [2.05, 4.69) is 21.2 Å². The van der Waals surface area contributed by atoms with Crippen LogP contribution in [0.5, 0.6) is 0 Å². The van der Waals surface area contributed by atoms with Gasteiger partial charge in [-0.25, -0.2) is 17.5 Å². The zero-order valence-electron chi connectivity index (χ0n) is 11.3. The third kappa shape index (κ3) is 4.02. The van der Waals surface area contributed by atoms with E-state index in [-0.39, 0.29) is 10.5 Å². The number of benzene rings is 1. The summed E-state index contributed by atoms with van der Waals surface area (Å²) in [5, 5.41) is 12.0. The Bertz CT molecular complexity index is 589. The Morgan fingerprint density at radius 2 is 2.10 bits per heavy atom. The predicted molar refractivity (Wildman–Crippen MR) is 79.5 cm³/mol. The van der Waals surface area contributed by atoms with Crippen molar-refractivity contribution >= 4 is 31.9 Å². The standard InChI is InChI=1S/C12H17BrN2O4S/c1-14-6-3-7-15(2)20(18,19)9-4-5-11(13)10(8-9)12(16)17/h4-5,8,14H,3,6-7H2,1-2H3,(H,16,17). The minimum absolute atomic E-state index is 0.0231. The fourth-order valence-electron chi connectivity index (χ4n) is 1.61. The number of hydrogen-bond acceptors (Lipinski definition) is 4. The van der Waals surface area contributed by atoms with E-state index in [1.165, 1.54) is 23.5 Å². The van der Waals surface area contributed by atoms with Crippen LogP contribution in [0.3, 0.4) is 0 Å². The van der Waals surface area contributed by atoms with Gasteiger partial charge in [0, 0.05) is 18.1 Å². The molecule has 1 aromatic carbocycles. The molecule has 0 heterocycles. The first-order valence-corrected chi connectivity index (χ1v) is 8.17. The molecule has 1 rings (SSSR count). The third-order valence-electron chi connectivity index (χ3n) is 2.78. The topological polar surface area (TPSA) is 86.7 Å². The summed E-state index contributed by atoms with van der Waals surface area (Å²) in [4.78, 5) is 11.0. The molecule has 112 valence electrons. The molecule has 0 aliphatic carbocycles. The number of halogens is 1. The lowest BCUT2D eigenvalue weighted by Gasteiger charge is -2.17. The highest BCUT2D eigenvalue weighted by Gasteiger charge is 2.22. The van der Waals surface area contributed by atoms with Crippen LogP contribution in [0.25, 0.3) is 0 Å². The molecule has 1 aromatic rings. The Morgan fingerprint density at radius 3 is 2.65 bits per heavy atom. The van der Waals surface area contributed by atoms with E-state index in [9.17, 15) is 13.2 Å². The van der Waals surface area contributed by atoms with Crippen LogP contribution in [0.2, 0.25) is 0 Å². The summed E-state index contributed by atoms with van der Waals surface area (Å²) in [7, 11) is -0.397. The van der Waals surface area contributed by atoms with Gasteiger partial charge in [0.25, 0.3) is 0 Å². The summed E-state index contributed by atoms with van der Waals surface area (Å²) in [6.45, 7) is 1.07. The summed E-state index contributed by atoms with van der Waals surface area (Å²) in [5.41, 5.74) is -0.0744. The predicted octanol–water partition coefficient (Wildman–Crippen LogP) is 1.38. The van der Waals surface area contributed by atoms with Crippen molar-refractivity contribution in [1.29, 1.82) is 0 Å². The number of carboxylic acid groups (broad SMARTS) is 1. The fourth-order valence-corrected chi connectivity index (χ4v) is 3.26. The summed E-state index contributed by atoms with van der Waals surface area (Å²) >= 11 is 3.09. The zero-order valence-corrected chi connectivity index (χ0v) is 13.7. The first-order valence-electron chi connectivity index (χ1n) is 5.94. The third-order valence-corrected chi connectivity index (χ3v) is 5.32. The van der Waals surface area contributed by atoms with Crippen LogP contribution >= 0.6 is 15.9 Å². The fraction of sp³-hybridized carbons (Fsp3) is 0.417. The van der Waals surface area contributed by atoms with E-state index in [4.69, 9.17) is 5.11 Å². The van der Waals surface area contributed by atoms with Gasteiger partial charge in [-0.15, -0.1) is 0 Å². The Kier molecular flexibility index (Phi) is 6.12. The molecular formula is C12H17BrN2O4S. The molecule has 2 N–H and O–H groups in total. The van der Waals surface area contributed by atoms with E-state index in [1.54, 1.807) is 7.05 Å². The van der Waals surface area contributed by atoms with Gasteiger partial charge in [0.2, 0.25) is 10.0 Å². The first kappa shape index (κ1) is 17.1. The minimum Gasteiger partial charge on any atom is -0.478 e. The molecule has 0 saturated carbocycles. The Morgan fingerprint density at radius 1 is 1.45 bits per heavy atom. The number of sulfonamides is 1. The van der Waals surface area contributed by atoms with Gasteiger partial charge >= 0.3 is 5.97 Å². The van der Waals surface area contributed by atoms with Crippen LogP contribution in [0.4, 0.5) is 0 Å². The van der Waals surface area contributed by atoms with Gasteiger partial charge in [0.15, 0.2) is 0 Å². The van der Waals surface area contributed by atoms with Gasteiger partial charge in [-0.05, 0) is 54.1 Å². The largest absolute Gasteiger partial charge is 0.478 e. The van der Waals surface area contributed by atoms with Crippen molar-refractivity contribution in [2.75, 3.05) is 27.2 Å². The molecule has 0 spiro atoms. The van der Waals surface area contributed by atoms with Crippen molar-refractivity contribution in [3.05, 3.63) is 28.2 Å². The molecule has 20 heavy (non-hydrogen) atoms. The summed E-state index contributed by atoms with van der Waals surface area (Å²) in [6, 6.07) is 3.98. The van der Waals surface area contributed by atoms with Crippen LogP contribution in [0.15, 0.2) is 27.6 Å². The molecule has 0 aliphatic rings. The Balaban J connectivity index is 3.03. The average molecular weight is 365 g/mol. The van der Waals surface area contributed by atoms with Gasteiger partial charge in [-0.3, -0.25) is 0 Å². The minimum atomic E-state index is -3.67. The molecule has 0 aromatic heterocycles. The molecule has 0 saturated heterocycles.